The van der Waals surface area contributed by atoms with Crippen molar-refractivity contribution in [3.8, 4) is 0 Å². The lowest BCUT2D eigenvalue weighted by Crippen LogP contribution is -2.21. The predicted molar refractivity (Wildman–Crippen MR) is 110 cm³/mol. The molecule has 0 aliphatic rings. The van der Waals surface area contributed by atoms with Crippen LogP contribution in [0.1, 0.15) is 18.1 Å². The fraction of sp³-hybridized carbons (Fsp3) is 0.0870. The maximum Gasteiger partial charge on any atom is 0.274 e. The van der Waals surface area contributed by atoms with Crippen LogP contribution in [-0.4, -0.2) is 15.5 Å². The molecule has 4 heteroatoms. The third-order valence-electron chi connectivity index (χ3n) is 4.47. The first-order valence-corrected chi connectivity index (χ1v) is 8.95. The van der Waals surface area contributed by atoms with Crippen molar-refractivity contribution in [2.45, 2.75) is 13.5 Å². The van der Waals surface area contributed by atoms with Gasteiger partial charge in [-0.15, -0.1) is 0 Å². The number of rotatable bonds is 4. The van der Waals surface area contributed by atoms with Gasteiger partial charge in [-0.25, -0.2) is 9.67 Å². The Balaban J connectivity index is 1.87. The van der Waals surface area contributed by atoms with E-state index in [1.54, 1.807) is 6.20 Å². The molecule has 0 unspecified atom stereocenters. The van der Waals surface area contributed by atoms with Crippen LogP contribution in [0.15, 0.2) is 94.8 Å². The molecule has 4 aromatic rings. The van der Waals surface area contributed by atoms with E-state index in [1.165, 1.54) is 4.68 Å². The summed E-state index contributed by atoms with van der Waals surface area (Å²) in [4.78, 5) is 17.3. The third-order valence-corrected chi connectivity index (χ3v) is 4.47. The highest BCUT2D eigenvalue weighted by Gasteiger charge is 2.08. The Kier molecular flexibility index (Phi) is 4.62. The predicted octanol–water partition coefficient (Wildman–Crippen LogP) is 4.59. The van der Waals surface area contributed by atoms with Crippen molar-refractivity contribution in [1.29, 1.82) is 0 Å². The zero-order chi connectivity index (χ0) is 18.6. The quantitative estimate of drug-likeness (QED) is 0.504. The molecule has 0 aliphatic carbocycles. The van der Waals surface area contributed by atoms with Crippen LogP contribution < -0.4 is 5.56 Å². The second-order valence-corrected chi connectivity index (χ2v) is 6.23. The molecule has 0 saturated carbocycles. The molecule has 0 spiro atoms. The summed E-state index contributed by atoms with van der Waals surface area (Å²) in [6.07, 6.45) is 1.73. The number of aliphatic imine (C=N–C) groups is 1. The molecule has 0 bridgehead atoms. The van der Waals surface area contributed by atoms with Gasteiger partial charge in [0.2, 0.25) is 0 Å². The van der Waals surface area contributed by atoms with Gasteiger partial charge >= 0.3 is 0 Å². The minimum absolute atomic E-state index is 0.0723. The minimum Gasteiger partial charge on any atom is -0.267 e. The first-order chi connectivity index (χ1) is 13.3. The highest BCUT2D eigenvalue weighted by Crippen LogP contribution is 2.22. The first kappa shape index (κ1) is 16.9. The van der Waals surface area contributed by atoms with E-state index in [4.69, 9.17) is 4.99 Å². The number of aromatic nitrogens is 2. The molecule has 4 rings (SSSR count). The molecule has 4 nitrogen and oxygen atoms in total. The number of fused-ring (bicyclic) bond motifs is 1. The third kappa shape index (κ3) is 3.42. The average Bonchev–Trinajstić information content (AvgIpc) is 2.73. The minimum atomic E-state index is -0.0723. The van der Waals surface area contributed by atoms with Crippen LogP contribution in [0.25, 0.3) is 10.8 Å². The standard InChI is InChI=1S/C23H19N3O/c1-2-26-23(27)21-14-13-20(15-19(21)16-24-26)25-22(17-9-5-3-6-10-17)18-11-7-4-8-12-18/h3-16H,2H2,1H3. The van der Waals surface area contributed by atoms with E-state index >= 15 is 0 Å². The van der Waals surface area contributed by atoms with Crippen LogP contribution in [-0.2, 0) is 6.54 Å². The van der Waals surface area contributed by atoms with Crippen LogP contribution in [0.2, 0.25) is 0 Å². The summed E-state index contributed by atoms with van der Waals surface area (Å²) in [6.45, 7) is 2.46. The van der Waals surface area contributed by atoms with Gasteiger partial charge < -0.3 is 0 Å². The molecule has 0 N–H and O–H groups in total. The summed E-state index contributed by atoms with van der Waals surface area (Å²) in [5.74, 6) is 0. The monoisotopic (exact) mass is 353 g/mol. The number of benzene rings is 3. The van der Waals surface area contributed by atoms with E-state index in [2.05, 4.69) is 5.10 Å². The first-order valence-electron chi connectivity index (χ1n) is 8.95. The molecule has 27 heavy (non-hydrogen) atoms. The molecule has 132 valence electrons. The normalized spacial score (nSPS) is 10.7. The lowest BCUT2D eigenvalue weighted by molar-refractivity contribution is 0.623. The number of aryl methyl sites for hydroxylation is 1. The molecule has 1 aromatic heterocycles. The van der Waals surface area contributed by atoms with Gasteiger partial charge in [0, 0.05) is 23.1 Å². The Morgan fingerprint density at radius 2 is 1.56 bits per heavy atom. The van der Waals surface area contributed by atoms with Crippen molar-refractivity contribution >= 4 is 22.2 Å². The number of hydrogen-bond acceptors (Lipinski definition) is 3. The van der Waals surface area contributed by atoms with E-state index < -0.39 is 0 Å². The van der Waals surface area contributed by atoms with E-state index in [0.717, 1.165) is 27.9 Å². The van der Waals surface area contributed by atoms with Crippen LogP contribution in [0.3, 0.4) is 0 Å². The molecule has 0 radical (unpaired) electrons. The smallest absolute Gasteiger partial charge is 0.267 e. The second kappa shape index (κ2) is 7.38. The van der Waals surface area contributed by atoms with E-state index in [9.17, 15) is 4.79 Å². The highest BCUT2D eigenvalue weighted by molar-refractivity contribution is 6.14. The van der Waals surface area contributed by atoms with Crippen molar-refractivity contribution < 1.29 is 0 Å². The fourth-order valence-electron chi connectivity index (χ4n) is 3.09. The Hall–Kier alpha value is -3.53. The average molecular weight is 353 g/mol. The van der Waals surface area contributed by atoms with Crippen molar-refractivity contribution in [1.82, 2.24) is 9.78 Å². The Bertz CT molecular complexity index is 1120. The largest absolute Gasteiger partial charge is 0.274 e. The molecular formula is C23H19N3O. The SMILES string of the molecule is CCn1ncc2cc(N=C(c3ccccc3)c3ccccc3)ccc2c1=O. The lowest BCUT2D eigenvalue weighted by Gasteiger charge is -2.08. The maximum atomic E-state index is 12.4. The van der Waals surface area contributed by atoms with E-state index in [0.29, 0.717) is 11.9 Å². The van der Waals surface area contributed by atoms with Gasteiger partial charge in [-0.2, -0.15) is 5.10 Å². The van der Waals surface area contributed by atoms with Gasteiger partial charge in [0.15, 0.2) is 0 Å². The van der Waals surface area contributed by atoms with Crippen molar-refractivity contribution in [2.24, 2.45) is 4.99 Å². The van der Waals surface area contributed by atoms with Gasteiger partial charge in [0.1, 0.15) is 0 Å². The van der Waals surface area contributed by atoms with Gasteiger partial charge in [0.25, 0.3) is 5.56 Å². The zero-order valence-corrected chi connectivity index (χ0v) is 15.0. The molecular weight excluding hydrogens is 334 g/mol. The van der Waals surface area contributed by atoms with Crippen LogP contribution in [0.5, 0.6) is 0 Å². The van der Waals surface area contributed by atoms with Gasteiger partial charge in [-0.05, 0) is 25.1 Å². The summed E-state index contributed by atoms with van der Waals surface area (Å²) in [5.41, 5.74) is 3.70. The number of nitrogens with zero attached hydrogens (tertiary/aromatic N) is 3. The second-order valence-electron chi connectivity index (χ2n) is 6.23. The summed E-state index contributed by atoms with van der Waals surface area (Å²) >= 11 is 0. The maximum absolute atomic E-state index is 12.4. The summed E-state index contributed by atoms with van der Waals surface area (Å²) in [5, 5.41) is 5.67. The fourth-order valence-corrected chi connectivity index (χ4v) is 3.09. The molecule has 1 heterocycles. The van der Waals surface area contributed by atoms with Crippen molar-refractivity contribution in [3.05, 3.63) is 107 Å². The molecule has 0 fully saturated rings. The van der Waals surface area contributed by atoms with Crippen LogP contribution >= 0.6 is 0 Å². The summed E-state index contributed by atoms with van der Waals surface area (Å²) in [7, 11) is 0. The Morgan fingerprint density at radius 1 is 0.926 bits per heavy atom. The lowest BCUT2D eigenvalue weighted by atomic mass is 10.0. The Labute approximate surface area is 157 Å². The van der Waals surface area contributed by atoms with Crippen molar-refractivity contribution in [2.75, 3.05) is 0 Å². The van der Waals surface area contributed by atoms with Crippen molar-refractivity contribution in [3.63, 3.8) is 0 Å². The molecule has 0 aliphatic heterocycles. The molecule has 3 aromatic carbocycles. The molecule has 0 atom stereocenters. The van der Waals surface area contributed by atoms with Crippen LogP contribution in [0, 0.1) is 0 Å². The van der Waals surface area contributed by atoms with Gasteiger partial charge in [-0.3, -0.25) is 4.79 Å². The molecule has 0 saturated heterocycles. The summed E-state index contributed by atoms with van der Waals surface area (Å²) < 4.78 is 1.46. The molecule has 0 amide bonds. The summed E-state index contributed by atoms with van der Waals surface area (Å²) in [6, 6.07) is 25.8. The number of hydrogen-bond donors (Lipinski definition) is 0. The van der Waals surface area contributed by atoms with Gasteiger partial charge in [-0.1, -0.05) is 60.7 Å². The van der Waals surface area contributed by atoms with E-state index in [-0.39, 0.29) is 5.56 Å². The van der Waals surface area contributed by atoms with Crippen LogP contribution in [0.4, 0.5) is 5.69 Å². The Morgan fingerprint density at radius 3 is 2.15 bits per heavy atom. The highest BCUT2D eigenvalue weighted by atomic mass is 16.1. The van der Waals surface area contributed by atoms with Gasteiger partial charge in [0.05, 0.1) is 23.0 Å². The zero-order valence-electron chi connectivity index (χ0n) is 15.0. The topological polar surface area (TPSA) is 47.2 Å². The van der Waals surface area contributed by atoms with E-state index in [1.807, 2.05) is 85.8 Å².